The summed E-state index contributed by atoms with van der Waals surface area (Å²) in [5, 5.41) is 12.2. The minimum absolute atomic E-state index is 0.240. The number of halogens is 1. The van der Waals surface area contributed by atoms with E-state index in [2.05, 4.69) is 21.2 Å². The molecule has 1 aromatic carbocycles. The number of likely N-dealkylation sites (tertiary alicyclic amines) is 1. The topological polar surface area (TPSA) is 69.6 Å². The Labute approximate surface area is 132 Å². The first-order chi connectivity index (χ1) is 9.82. The van der Waals surface area contributed by atoms with Gasteiger partial charge in [-0.2, -0.15) is 0 Å². The summed E-state index contributed by atoms with van der Waals surface area (Å²) >= 11 is 3.38. The Balaban J connectivity index is 2.08. The predicted octanol–water partition coefficient (Wildman–Crippen LogP) is 3.48. The van der Waals surface area contributed by atoms with E-state index in [1.54, 1.807) is 11.8 Å². The molecule has 21 heavy (non-hydrogen) atoms. The Bertz CT molecular complexity index is 576. The molecule has 5 nitrogen and oxygen atoms in total. The van der Waals surface area contributed by atoms with Gasteiger partial charge < -0.3 is 15.3 Å². The Morgan fingerprint density at radius 2 is 2.14 bits per heavy atom. The lowest BCUT2D eigenvalue weighted by atomic mass is 9.82. The molecule has 6 heteroatoms. The third-order valence-electron chi connectivity index (χ3n) is 3.93. The van der Waals surface area contributed by atoms with Crippen molar-refractivity contribution in [2.24, 2.45) is 5.41 Å². The summed E-state index contributed by atoms with van der Waals surface area (Å²) in [6.07, 6.45) is 1.30. The molecule has 1 saturated heterocycles. The van der Waals surface area contributed by atoms with Gasteiger partial charge in [-0.05, 0) is 50.5 Å². The smallest absolute Gasteiger partial charge is 0.321 e. The van der Waals surface area contributed by atoms with Gasteiger partial charge in [-0.25, -0.2) is 4.79 Å². The van der Waals surface area contributed by atoms with Crippen LogP contribution in [0.2, 0.25) is 0 Å². The normalized spacial score (nSPS) is 22.0. The molecule has 0 saturated carbocycles. The maximum atomic E-state index is 12.3. The summed E-state index contributed by atoms with van der Waals surface area (Å²) in [4.78, 5) is 25.2. The number of hydrogen-bond acceptors (Lipinski definition) is 2. The number of aryl methyl sites for hydroxylation is 1. The summed E-state index contributed by atoms with van der Waals surface area (Å²) in [6, 6.07) is 5.37. The van der Waals surface area contributed by atoms with Gasteiger partial charge in [-0.3, -0.25) is 4.79 Å². The maximum absolute atomic E-state index is 12.3. The molecule has 0 aromatic heterocycles. The Morgan fingerprint density at radius 1 is 1.43 bits per heavy atom. The van der Waals surface area contributed by atoms with Crippen molar-refractivity contribution in [3.63, 3.8) is 0 Å². The van der Waals surface area contributed by atoms with Gasteiger partial charge in [0.2, 0.25) is 0 Å². The molecule has 0 aliphatic carbocycles. The SMILES string of the molecule is Cc1cc(Br)ccc1NC(=O)N1CCCC(C)(C(=O)O)C1. The van der Waals surface area contributed by atoms with Gasteiger partial charge in [-0.15, -0.1) is 0 Å². The molecule has 1 aliphatic rings. The van der Waals surface area contributed by atoms with Crippen LogP contribution in [0, 0.1) is 12.3 Å². The van der Waals surface area contributed by atoms with E-state index in [1.165, 1.54) is 0 Å². The fraction of sp³-hybridized carbons (Fsp3) is 0.467. The first-order valence-corrected chi connectivity index (χ1v) is 7.67. The van der Waals surface area contributed by atoms with Crippen LogP contribution < -0.4 is 5.32 Å². The van der Waals surface area contributed by atoms with Crippen LogP contribution in [0.25, 0.3) is 0 Å². The average molecular weight is 355 g/mol. The number of piperidine rings is 1. The van der Waals surface area contributed by atoms with Crippen molar-refractivity contribution in [1.29, 1.82) is 0 Å². The number of carboxylic acid groups (broad SMARTS) is 1. The zero-order chi connectivity index (χ0) is 15.6. The lowest BCUT2D eigenvalue weighted by Crippen LogP contribution is -2.49. The first-order valence-electron chi connectivity index (χ1n) is 6.87. The molecular formula is C15H19BrN2O3. The number of carbonyl (C=O) groups excluding carboxylic acids is 1. The molecule has 2 amide bonds. The number of carboxylic acids is 1. The molecule has 1 aromatic rings. The van der Waals surface area contributed by atoms with Gasteiger partial charge >= 0.3 is 12.0 Å². The number of aliphatic carboxylic acids is 1. The van der Waals surface area contributed by atoms with Crippen LogP contribution in [-0.2, 0) is 4.79 Å². The zero-order valence-electron chi connectivity index (χ0n) is 12.1. The second kappa shape index (κ2) is 6.05. The van der Waals surface area contributed by atoms with E-state index in [0.717, 1.165) is 15.7 Å². The van der Waals surface area contributed by atoms with Crippen LogP contribution in [0.4, 0.5) is 10.5 Å². The number of amides is 2. The summed E-state index contributed by atoms with van der Waals surface area (Å²) < 4.78 is 0.953. The molecule has 2 rings (SSSR count). The highest BCUT2D eigenvalue weighted by atomic mass is 79.9. The number of rotatable bonds is 2. The quantitative estimate of drug-likeness (QED) is 0.853. The number of urea groups is 1. The third-order valence-corrected chi connectivity index (χ3v) is 4.42. The number of hydrogen-bond donors (Lipinski definition) is 2. The highest BCUT2D eigenvalue weighted by molar-refractivity contribution is 9.10. The average Bonchev–Trinajstić information content (AvgIpc) is 2.41. The van der Waals surface area contributed by atoms with Crippen molar-refractivity contribution >= 4 is 33.6 Å². The summed E-state index contributed by atoms with van der Waals surface area (Å²) in [7, 11) is 0. The van der Waals surface area contributed by atoms with E-state index in [0.29, 0.717) is 19.4 Å². The van der Waals surface area contributed by atoms with E-state index >= 15 is 0 Å². The van der Waals surface area contributed by atoms with Gasteiger partial charge in [-0.1, -0.05) is 15.9 Å². The van der Waals surface area contributed by atoms with Crippen molar-refractivity contribution in [3.8, 4) is 0 Å². The van der Waals surface area contributed by atoms with E-state index < -0.39 is 11.4 Å². The summed E-state index contributed by atoms with van der Waals surface area (Å²) in [5.74, 6) is -0.847. The summed E-state index contributed by atoms with van der Waals surface area (Å²) in [5.41, 5.74) is 0.839. The minimum Gasteiger partial charge on any atom is -0.481 e. The Morgan fingerprint density at radius 3 is 2.76 bits per heavy atom. The predicted molar refractivity (Wildman–Crippen MR) is 84.4 cm³/mol. The van der Waals surface area contributed by atoms with Crippen molar-refractivity contribution in [1.82, 2.24) is 4.90 Å². The second-order valence-electron chi connectivity index (χ2n) is 5.78. The van der Waals surface area contributed by atoms with Crippen molar-refractivity contribution < 1.29 is 14.7 Å². The molecule has 1 atom stereocenters. The van der Waals surface area contributed by atoms with Crippen LogP contribution in [0.5, 0.6) is 0 Å². The first kappa shape index (κ1) is 15.8. The van der Waals surface area contributed by atoms with Crippen LogP contribution in [0.1, 0.15) is 25.3 Å². The molecule has 1 heterocycles. The number of anilines is 1. The van der Waals surface area contributed by atoms with Crippen LogP contribution in [0.15, 0.2) is 22.7 Å². The van der Waals surface area contributed by atoms with E-state index in [1.807, 2.05) is 25.1 Å². The molecular weight excluding hydrogens is 336 g/mol. The highest BCUT2D eigenvalue weighted by Crippen LogP contribution is 2.30. The van der Waals surface area contributed by atoms with Gasteiger partial charge in [0.25, 0.3) is 0 Å². The molecule has 1 aliphatic heterocycles. The third kappa shape index (κ3) is 3.56. The van der Waals surface area contributed by atoms with Crippen molar-refractivity contribution in [2.75, 3.05) is 18.4 Å². The largest absolute Gasteiger partial charge is 0.481 e. The fourth-order valence-electron chi connectivity index (χ4n) is 2.55. The molecule has 114 valence electrons. The number of nitrogens with one attached hydrogen (secondary N) is 1. The van der Waals surface area contributed by atoms with Crippen LogP contribution in [0.3, 0.4) is 0 Å². The Hall–Kier alpha value is -1.56. The highest BCUT2D eigenvalue weighted by Gasteiger charge is 2.39. The van der Waals surface area contributed by atoms with Gasteiger partial charge in [0.05, 0.1) is 5.41 Å². The molecule has 1 fully saturated rings. The second-order valence-corrected chi connectivity index (χ2v) is 6.70. The number of benzene rings is 1. The monoisotopic (exact) mass is 354 g/mol. The summed E-state index contributed by atoms with van der Waals surface area (Å²) in [6.45, 7) is 4.44. The van der Waals surface area contributed by atoms with Crippen molar-refractivity contribution in [3.05, 3.63) is 28.2 Å². The number of carbonyl (C=O) groups is 2. The zero-order valence-corrected chi connectivity index (χ0v) is 13.7. The Kier molecular flexibility index (Phi) is 4.56. The minimum atomic E-state index is -0.857. The molecule has 1 unspecified atom stereocenters. The lowest BCUT2D eigenvalue weighted by molar-refractivity contribution is -0.150. The lowest BCUT2D eigenvalue weighted by Gasteiger charge is -2.37. The molecule has 0 radical (unpaired) electrons. The number of nitrogens with zero attached hydrogens (tertiary/aromatic N) is 1. The standard InChI is InChI=1S/C15H19BrN2O3/c1-10-8-11(16)4-5-12(10)17-14(21)18-7-3-6-15(2,9-18)13(19)20/h4-5,8H,3,6-7,9H2,1-2H3,(H,17,21)(H,19,20). The van der Waals surface area contributed by atoms with Crippen LogP contribution >= 0.6 is 15.9 Å². The fourth-order valence-corrected chi connectivity index (χ4v) is 3.02. The maximum Gasteiger partial charge on any atom is 0.321 e. The van der Waals surface area contributed by atoms with Gasteiger partial charge in [0, 0.05) is 23.2 Å². The van der Waals surface area contributed by atoms with Gasteiger partial charge in [0.15, 0.2) is 0 Å². The van der Waals surface area contributed by atoms with E-state index in [4.69, 9.17) is 0 Å². The molecule has 2 N–H and O–H groups in total. The van der Waals surface area contributed by atoms with E-state index in [-0.39, 0.29) is 12.6 Å². The van der Waals surface area contributed by atoms with E-state index in [9.17, 15) is 14.7 Å². The van der Waals surface area contributed by atoms with Crippen molar-refractivity contribution in [2.45, 2.75) is 26.7 Å². The molecule has 0 bridgehead atoms. The molecule has 0 spiro atoms. The van der Waals surface area contributed by atoms with Gasteiger partial charge in [0.1, 0.15) is 0 Å². The van der Waals surface area contributed by atoms with Crippen LogP contribution in [-0.4, -0.2) is 35.1 Å².